The lowest BCUT2D eigenvalue weighted by molar-refractivity contribution is -0.375. The number of ether oxygens (including phenoxy) is 4. The van der Waals surface area contributed by atoms with E-state index in [2.05, 4.69) is 47.6 Å². The predicted molar refractivity (Wildman–Crippen MR) is 199 cm³/mol. The van der Waals surface area contributed by atoms with Crippen molar-refractivity contribution in [2.24, 2.45) is 50.2 Å². The zero-order chi connectivity index (χ0) is 41.1. The summed E-state index contributed by atoms with van der Waals surface area (Å²) in [5.74, 6) is -0.833. The van der Waals surface area contributed by atoms with Gasteiger partial charge in [0.2, 0.25) is 0 Å². The number of carboxylic acid groups (broad SMARTS) is 1. The molecule has 0 bridgehead atoms. The van der Waals surface area contributed by atoms with E-state index in [0.29, 0.717) is 18.3 Å². The van der Waals surface area contributed by atoms with E-state index in [1.54, 1.807) is 5.57 Å². The minimum atomic E-state index is -1.97. The van der Waals surface area contributed by atoms with Gasteiger partial charge in [-0.15, -0.1) is 0 Å². The highest BCUT2D eigenvalue weighted by Gasteiger charge is 2.69. The molecule has 0 aromatic heterocycles. The van der Waals surface area contributed by atoms with Gasteiger partial charge < -0.3 is 64.9 Å². The number of fused-ring (bicyclic) bond motifs is 7. The standard InChI is InChI=1S/C42H68O14/c1-37(2)16-21-20-8-9-24-39(4)12-11-26(40(5,19-44)23(39)10-13-42(24,7)41(20,6)15-14-38(21,3)17-25(37)45)54-36-33(30(49)29(48)32(55-36)34(51)52)56-35-31(50)28(47)27(46)22(18-43)53-35/h8,21-33,35-36,43-50H,9-19H2,1-7H3,(H,51,52)/t21-,22-,23-,24-,25-,26+,27+,28+,29-,30+,31-,32+,33-,35+,36-,38+,39+,40-,41-,42-/m1/s1. The molecule has 14 nitrogen and oxygen atoms in total. The van der Waals surface area contributed by atoms with E-state index in [9.17, 15) is 50.8 Å². The number of rotatable bonds is 7. The van der Waals surface area contributed by atoms with Gasteiger partial charge in [0, 0.05) is 5.41 Å². The van der Waals surface area contributed by atoms with Gasteiger partial charge in [0.05, 0.1) is 25.4 Å². The van der Waals surface area contributed by atoms with E-state index in [1.807, 2.05) is 6.92 Å². The Morgan fingerprint density at radius 2 is 1.46 bits per heavy atom. The first-order chi connectivity index (χ1) is 26.0. The third kappa shape index (κ3) is 6.21. The van der Waals surface area contributed by atoms with E-state index >= 15 is 0 Å². The van der Waals surface area contributed by atoms with E-state index in [1.165, 1.54) is 0 Å². The monoisotopic (exact) mass is 796 g/mol. The number of carboxylic acids is 1. The van der Waals surface area contributed by atoms with Crippen LogP contribution in [0, 0.1) is 50.2 Å². The molecule has 0 unspecified atom stereocenters. The molecule has 2 saturated heterocycles. The van der Waals surface area contributed by atoms with Crippen LogP contribution >= 0.6 is 0 Å². The maximum atomic E-state index is 12.2. The summed E-state index contributed by atoms with van der Waals surface area (Å²) in [5.41, 5.74) is 0.392. The van der Waals surface area contributed by atoms with E-state index in [-0.39, 0.29) is 45.7 Å². The van der Waals surface area contributed by atoms with Crippen molar-refractivity contribution in [2.75, 3.05) is 13.2 Å². The Morgan fingerprint density at radius 3 is 2.11 bits per heavy atom. The van der Waals surface area contributed by atoms with Gasteiger partial charge in [-0.1, -0.05) is 60.1 Å². The molecule has 0 aromatic rings. The summed E-state index contributed by atoms with van der Waals surface area (Å²) < 4.78 is 23.9. The van der Waals surface area contributed by atoms with Crippen LogP contribution in [0.4, 0.5) is 0 Å². The third-order valence-corrected chi connectivity index (χ3v) is 17.5. The maximum Gasteiger partial charge on any atom is 0.335 e. The van der Waals surface area contributed by atoms with Crippen LogP contribution in [0.3, 0.4) is 0 Å². The Kier molecular flexibility index (Phi) is 11.0. The van der Waals surface area contributed by atoms with Crippen molar-refractivity contribution in [2.45, 2.75) is 180 Å². The summed E-state index contributed by atoms with van der Waals surface area (Å²) in [4.78, 5) is 12.2. The fourth-order valence-electron chi connectivity index (χ4n) is 13.6. The van der Waals surface area contributed by atoms with E-state index in [4.69, 9.17) is 18.9 Å². The molecule has 0 spiro atoms. The van der Waals surface area contributed by atoms with Crippen LogP contribution in [0.15, 0.2) is 11.6 Å². The second-order valence-electron chi connectivity index (χ2n) is 20.8. The highest BCUT2D eigenvalue weighted by Crippen LogP contribution is 2.76. The summed E-state index contributed by atoms with van der Waals surface area (Å²) in [7, 11) is 0. The second-order valence-corrected chi connectivity index (χ2v) is 20.8. The topological polar surface area (TPSA) is 236 Å². The molecule has 5 aliphatic carbocycles. The fraction of sp³-hybridized carbons (Fsp3) is 0.929. The number of aliphatic hydroxyl groups excluding tert-OH is 8. The van der Waals surface area contributed by atoms with Gasteiger partial charge in [-0.3, -0.25) is 0 Å². The smallest absolute Gasteiger partial charge is 0.335 e. The number of hydrogen-bond donors (Lipinski definition) is 9. The van der Waals surface area contributed by atoms with Crippen molar-refractivity contribution in [1.82, 2.24) is 0 Å². The molecular formula is C42H68O14. The molecule has 0 radical (unpaired) electrons. The Morgan fingerprint density at radius 1 is 0.768 bits per heavy atom. The van der Waals surface area contributed by atoms with Crippen molar-refractivity contribution < 1.29 is 69.7 Å². The van der Waals surface area contributed by atoms with Crippen LogP contribution in [-0.4, -0.2) is 139 Å². The lowest BCUT2D eigenvalue weighted by atomic mass is 9.33. The van der Waals surface area contributed by atoms with Crippen molar-refractivity contribution >= 4 is 5.97 Å². The lowest BCUT2D eigenvalue weighted by Gasteiger charge is -2.71. The van der Waals surface area contributed by atoms with Crippen molar-refractivity contribution in [3.63, 3.8) is 0 Å². The van der Waals surface area contributed by atoms with Crippen molar-refractivity contribution in [3.05, 3.63) is 11.6 Å². The molecule has 0 amide bonds. The second kappa shape index (κ2) is 14.4. The van der Waals surface area contributed by atoms with E-state index in [0.717, 1.165) is 51.4 Å². The molecule has 20 atom stereocenters. The van der Waals surface area contributed by atoms with Crippen LogP contribution in [-0.2, 0) is 23.7 Å². The van der Waals surface area contributed by atoms with Gasteiger partial charge in [-0.05, 0) is 103 Å². The predicted octanol–water partition coefficient (Wildman–Crippen LogP) is 1.85. The lowest BCUT2D eigenvalue weighted by Crippen LogP contribution is -2.68. The molecule has 2 heterocycles. The number of aliphatic hydroxyl groups is 8. The quantitative estimate of drug-likeness (QED) is 0.132. The molecule has 6 fully saturated rings. The summed E-state index contributed by atoms with van der Waals surface area (Å²) in [5, 5.41) is 95.6. The summed E-state index contributed by atoms with van der Waals surface area (Å²) in [6.07, 6.45) is -8.05. The first kappa shape index (κ1) is 42.8. The average molecular weight is 797 g/mol. The molecule has 0 aromatic carbocycles. The van der Waals surface area contributed by atoms with Gasteiger partial charge in [0.15, 0.2) is 18.7 Å². The van der Waals surface area contributed by atoms with Crippen molar-refractivity contribution in [1.29, 1.82) is 0 Å². The molecule has 9 N–H and O–H groups in total. The Labute approximate surface area is 330 Å². The van der Waals surface area contributed by atoms with Gasteiger partial charge in [0.1, 0.15) is 42.7 Å². The zero-order valence-corrected chi connectivity index (χ0v) is 34.1. The Balaban J connectivity index is 1.17. The first-order valence-corrected chi connectivity index (χ1v) is 20.9. The number of carbonyl (C=O) groups is 1. The van der Waals surface area contributed by atoms with Crippen molar-refractivity contribution in [3.8, 4) is 0 Å². The number of allylic oxidation sites excluding steroid dienone is 2. The number of aliphatic carboxylic acids is 1. The molecule has 2 aliphatic heterocycles. The number of hydrogen-bond acceptors (Lipinski definition) is 13. The van der Waals surface area contributed by atoms with Crippen LogP contribution in [0.5, 0.6) is 0 Å². The molecule has 14 heteroatoms. The van der Waals surface area contributed by atoms with Crippen LogP contribution in [0.1, 0.15) is 106 Å². The van der Waals surface area contributed by atoms with Gasteiger partial charge >= 0.3 is 5.97 Å². The molecular weight excluding hydrogens is 728 g/mol. The molecule has 7 rings (SSSR count). The normalized spacial score (nSPS) is 55.5. The van der Waals surface area contributed by atoms with E-state index < -0.39 is 85.5 Å². The van der Waals surface area contributed by atoms with Crippen LogP contribution < -0.4 is 0 Å². The van der Waals surface area contributed by atoms with Gasteiger partial charge in [-0.25, -0.2) is 4.79 Å². The average Bonchev–Trinajstić information content (AvgIpc) is 3.13. The van der Waals surface area contributed by atoms with Crippen LogP contribution in [0.2, 0.25) is 0 Å². The minimum Gasteiger partial charge on any atom is -0.479 e. The van der Waals surface area contributed by atoms with Gasteiger partial charge in [0.25, 0.3) is 0 Å². The Bertz CT molecular complexity index is 1520. The highest BCUT2D eigenvalue weighted by atomic mass is 16.8. The molecule has 320 valence electrons. The summed E-state index contributed by atoms with van der Waals surface area (Å²) in [6, 6.07) is 0. The molecule has 7 aliphatic rings. The molecule has 56 heavy (non-hydrogen) atoms. The first-order valence-electron chi connectivity index (χ1n) is 20.9. The van der Waals surface area contributed by atoms with Crippen LogP contribution in [0.25, 0.3) is 0 Å². The fourth-order valence-corrected chi connectivity index (χ4v) is 13.6. The minimum absolute atomic E-state index is 0.00724. The SMILES string of the molecule is CC1(C)C[C@@H]2C3=CC[C@@H]4[C@@]5(C)CC[C@H](O[C@@H]6O[C@H](C(=O)O)[C@H](O)[C@H](O)[C@H]6O[C@@H]6O[C@H](CO)[C@H](O)[C@H](O)[C@H]6O)[C@](C)(CO)[C@@H]5CC[C@@]4(C)[C@]3(C)CC[C@@]2(C)C[C@H]1O. The summed E-state index contributed by atoms with van der Waals surface area (Å²) in [6.45, 7) is 15.1. The molecule has 4 saturated carbocycles. The maximum absolute atomic E-state index is 12.2. The Hall–Kier alpha value is -1.27. The summed E-state index contributed by atoms with van der Waals surface area (Å²) >= 11 is 0. The zero-order valence-electron chi connectivity index (χ0n) is 34.1. The largest absolute Gasteiger partial charge is 0.479 e. The third-order valence-electron chi connectivity index (χ3n) is 17.5. The highest BCUT2D eigenvalue weighted by molar-refractivity contribution is 5.73. The van der Waals surface area contributed by atoms with Gasteiger partial charge in [-0.2, -0.15) is 0 Å².